The molecule has 0 unspecified atom stereocenters. The smallest absolute Gasteiger partial charge is 0.285 e. The molecule has 1 amide bonds. The van der Waals surface area contributed by atoms with Gasteiger partial charge in [-0.05, 0) is 26.8 Å². The minimum absolute atomic E-state index is 0.0348. The van der Waals surface area contributed by atoms with E-state index in [4.69, 9.17) is 4.74 Å². The molecule has 0 radical (unpaired) electrons. The van der Waals surface area contributed by atoms with Crippen molar-refractivity contribution in [3.63, 3.8) is 0 Å². The van der Waals surface area contributed by atoms with Crippen LogP contribution >= 0.6 is 11.3 Å². The maximum Gasteiger partial charge on any atom is 0.285 e. The molecule has 1 aromatic carbocycles. The lowest BCUT2D eigenvalue weighted by molar-refractivity contribution is -0.385. The van der Waals surface area contributed by atoms with Crippen LogP contribution in [0.3, 0.4) is 0 Å². The van der Waals surface area contributed by atoms with E-state index in [9.17, 15) is 14.9 Å². The number of benzene rings is 1. The number of nitrogens with zero attached hydrogens (tertiary/aromatic N) is 3. The third-order valence-corrected chi connectivity index (χ3v) is 5.12. The minimum atomic E-state index is -0.529. The summed E-state index contributed by atoms with van der Waals surface area (Å²) < 4.78 is 5.73. The second-order valence-corrected chi connectivity index (χ2v) is 7.64. The van der Waals surface area contributed by atoms with Crippen molar-refractivity contribution in [2.45, 2.75) is 39.5 Å². The Kier molecular flexibility index (Phi) is 5.83. The Hall–Kier alpha value is -2.36. The van der Waals surface area contributed by atoms with Crippen molar-refractivity contribution in [3.8, 4) is 0 Å². The fourth-order valence-corrected chi connectivity index (χ4v) is 4.03. The van der Waals surface area contributed by atoms with E-state index in [2.05, 4.69) is 15.2 Å². The van der Waals surface area contributed by atoms with Gasteiger partial charge in [0, 0.05) is 30.6 Å². The number of nitrogens with one attached hydrogen (secondary N) is 1. The Morgan fingerprint density at radius 3 is 2.78 bits per heavy atom. The Bertz CT molecular complexity index is 844. The summed E-state index contributed by atoms with van der Waals surface area (Å²) in [7, 11) is 0. The van der Waals surface area contributed by atoms with Crippen LogP contribution < -0.4 is 5.32 Å². The van der Waals surface area contributed by atoms with Gasteiger partial charge < -0.3 is 4.74 Å². The number of rotatable bonds is 5. The number of nitro benzene ring substituents is 1. The molecule has 9 heteroatoms. The van der Waals surface area contributed by atoms with E-state index in [0.717, 1.165) is 18.8 Å². The van der Waals surface area contributed by atoms with Gasteiger partial charge in [0.05, 0.1) is 22.8 Å². The number of morpholine rings is 1. The van der Waals surface area contributed by atoms with Crippen LogP contribution in [0.2, 0.25) is 0 Å². The van der Waals surface area contributed by atoms with Crippen LogP contribution in [0.4, 0.5) is 10.8 Å². The highest BCUT2D eigenvalue weighted by Gasteiger charge is 2.24. The standard InChI is InChI=1S/C18H22N4O4S/c1-11-5-4-6-15(16(11)22(24)25)17(23)20-18-19-14(10-27-18)9-21-7-12(2)26-13(3)8-21/h4-6,10,12-13H,7-9H2,1-3H3,(H,19,20,23)/t12-,13-/m0/s1. The quantitative estimate of drug-likeness (QED) is 0.622. The molecule has 27 heavy (non-hydrogen) atoms. The molecule has 2 aromatic rings. The summed E-state index contributed by atoms with van der Waals surface area (Å²) in [6, 6.07) is 4.69. The minimum Gasteiger partial charge on any atom is -0.373 e. The van der Waals surface area contributed by atoms with Crippen molar-refractivity contribution in [1.29, 1.82) is 0 Å². The molecule has 1 aliphatic rings. The van der Waals surface area contributed by atoms with Crippen molar-refractivity contribution in [1.82, 2.24) is 9.88 Å². The third-order valence-electron chi connectivity index (χ3n) is 4.32. The highest BCUT2D eigenvalue weighted by atomic mass is 32.1. The van der Waals surface area contributed by atoms with Gasteiger partial charge in [0.25, 0.3) is 11.6 Å². The van der Waals surface area contributed by atoms with Crippen LogP contribution in [-0.2, 0) is 11.3 Å². The first-order chi connectivity index (χ1) is 12.8. The molecule has 144 valence electrons. The van der Waals surface area contributed by atoms with Crippen molar-refractivity contribution < 1.29 is 14.5 Å². The van der Waals surface area contributed by atoms with Crippen LogP contribution in [0.1, 0.15) is 35.5 Å². The zero-order valence-electron chi connectivity index (χ0n) is 15.5. The summed E-state index contributed by atoms with van der Waals surface area (Å²) in [5.74, 6) is -0.528. The van der Waals surface area contributed by atoms with E-state index < -0.39 is 10.8 Å². The molecule has 1 aliphatic heterocycles. The fourth-order valence-electron chi connectivity index (χ4n) is 3.33. The van der Waals surface area contributed by atoms with E-state index in [1.54, 1.807) is 19.1 Å². The Morgan fingerprint density at radius 1 is 1.41 bits per heavy atom. The summed E-state index contributed by atoms with van der Waals surface area (Å²) >= 11 is 1.31. The molecular formula is C18H22N4O4S. The number of nitro groups is 1. The monoisotopic (exact) mass is 390 g/mol. The number of carbonyl (C=O) groups is 1. The Morgan fingerprint density at radius 2 is 2.11 bits per heavy atom. The number of aryl methyl sites for hydroxylation is 1. The maximum atomic E-state index is 12.5. The number of hydrogen-bond acceptors (Lipinski definition) is 7. The normalized spacial score (nSPS) is 20.4. The van der Waals surface area contributed by atoms with E-state index in [1.165, 1.54) is 17.4 Å². The molecule has 1 saturated heterocycles. The number of thiazole rings is 1. The second-order valence-electron chi connectivity index (χ2n) is 6.78. The molecule has 0 bridgehead atoms. The fraction of sp³-hybridized carbons (Fsp3) is 0.444. The van der Waals surface area contributed by atoms with E-state index in [-0.39, 0.29) is 23.5 Å². The van der Waals surface area contributed by atoms with Gasteiger partial charge in [-0.15, -0.1) is 11.3 Å². The van der Waals surface area contributed by atoms with E-state index >= 15 is 0 Å². The third kappa shape index (κ3) is 4.68. The lowest BCUT2D eigenvalue weighted by atomic mass is 10.1. The summed E-state index contributed by atoms with van der Waals surface area (Å²) in [5.41, 5.74) is 1.16. The highest BCUT2D eigenvalue weighted by molar-refractivity contribution is 7.14. The van der Waals surface area contributed by atoms with Crippen molar-refractivity contribution >= 4 is 28.1 Å². The van der Waals surface area contributed by atoms with Gasteiger partial charge in [0.15, 0.2) is 5.13 Å². The number of carbonyl (C=O) groups excluding carboxylic acids is 1. The van der Waals surface area contributed by atoms with Crippen LogP contribution in [0, 0.1) is 17.0 Å². The molecule has 3 rings (SSSR count). The van der Waals surface area contributed by atoms with Crippen molar-refractivity contribution in [2.75, 3.05) is 18.4 Å². The van der Waals surface area contributed by atoms with Crippen LogP contribution in [-0.4, -0.2) is 46.0 Å². The molecule has 1 fully saturated rings. The Labute approximate surface area is 161 Å². The summed E-state index contributed by atoms with van der Waals surface area (Å²) in [6.07, 6.45) is 0.349. The maximum absolute atomic E-state index is 12.5. The van der Waals surface area contributed by atoms with Crippen LogP contribution in [0.15, 0.2) is 23.6 Å². The van der Waals surface area contributed by atoms with Gasteiger partial charge in [0.2, 0.25) is 0 Å². The van der Waals surface area contributed by atoms with Gasteiger partial charge in [-0.2, -0.15) is 0 Å². The molecule has 0 aliphatic carbocycles. The van der Waals surface area contributed by atoms with Crippen LogP contribution in [0.25, 0.3) is 0 Å². The summed E-state index contributed by atoms with van der Waals surface area (Å²) in [4.78, 5) is 30.0. The number of aromatic nitrogens is 1. The lowest BCUT2D eigenvalue weighted by Crippen LogP contribution is -2.44. The molecule has 2 heterocycles. The molecule has 0 spiro atoms. The first kappa shape index (κ1) is 19.4. The van der Waals surface area contributed by atoms with E-state index in [0.29, 0.717) is 17.2 Å². The lowest BCUT2D eigenvalue weighted by Gasteiger charge is -2.34. The van der Waals surface area contributed by atoms with Gasteiger partial charge in [-0.25, -0.2) is 4.98 Å². The zero-order valence-corrected chi connectivity index (χ0v) is 16.3. The predicted octanol–water partition coefficient (Wildman–Crippen LogP) is 3.22. The number of para-hydroxylation sites is 1. The molecule has 0 saturated carbocycles. The SMILES string of the molecule is Cc1cccc(C(=O)Nc2nc(CN3C[C@H](C)O[C@@H](C)C3)cs2)c1[N+](=O)[O-]. The van der Waals surface area contributed by atoms with Crippen LogP contribution in [0.5, 0.6) is 0 Å². The molecule has 1 N–H and O–H groups in total. The van der Waals surface area contributed by atoms with Crippen molar-refractivity contribution in [3.05, 3.63) is 50.5 Å². The second kappa shape index (κ2) is 8.12. The zero-order chi connectivity index (χ0) is 19.6. The number of amides is 1. The number of anilines is 1. The van der Waals surface area contributed by atoms with Gasteiger partial charge >= 0.3 is 0 Å². The predicted molar refractivity (Wildman–Crippen MR) is 103 cm³/mol. The molecule has 1 aromatic heterocycles. The average molecular weight is 390 g/mol. The summed E-state index contributed by atoms with van der Waals surface area (Å²) in [5, 5.41) is 16.3. The molecule has 8 nitrogen and oxygen atoms in total. The topological polar surface area (TPSA) is 97.6 Å². The van der Waals surface area contributed by atoms with E-state index in [1.807, 2.05) is 19.2 Å². The van der Waals surface area contributed by atoms with Gasteiger partial charge in [-0.3, -0.25) is 25.1 Å². The molecule has 2 atom stereocenters. The average Bonchev–Trinajstić information content (AvgIpc) is 3.00. The highest BCUT2D eigenvalue weighted by Crippen LogP contribution is 2.25. The number of hydrogen-bond donors (Lipinski definition) is 1. The van der Waals surface area contributed by atoms with Gasteiger partial charge in [-0.1, -0.05) is 12.1 Å². The molecular weight excluding hydrogens is 368 g/mol. The first-order valence-electron chi connectivity index (χ1n) is 8.71. The summed E-state index contributed by atoms with van der Waals surface area (Å²) in [6.45, 7) is 8.04. The van der Waals surface area contributed by atoms with Gasteiger partial charge in [0.1, 0.15) is 5.56 Å². The largest absolute Gasteiger partial charge is 0.373 e. The Balaban J connectivity index is 1.68. The first-order valence-corrected chi connectivity index (χ1v) is 9.59. The number of ether oxygens (including phenoxy) is 1. The van der Waals surface area contributed by atoms with Crippen molar-refractivity contribution in [2.24, 2.45) is 0 Å².